The minimum atomic E-state index is -0.192. The first-order valence-corrected chi connectivity index (χ1v) is 12.2. The third-order valence-electron chi connectivity index (χ3n) is 5.60. The number of carbonyl (C=O) groups is 1. The Labute approximate surface area is 197 Å². The Morgan fingerprint density at radius 1 is 1.03 bits per heavy atom. The van der Waals surface area contributed by atoms with Crippen LogP contribution >= 0.6 is 22.7 Å². The van der Waals surface area contributed by atoms with Crippen LogP contribution in [0, 0.1) is 0 Å². The maximum absolute atomic E-state index is 12.6. The molecule has 1 aliphatic carbocycles. The lowest BCUT2D eigenvalue weighted by molar-refractivity contribution is 0.103. The number of nitrogens with zero attached hydrogens (tertiary/aromatic N) is 3. The van der Waals surface area contributed by atoms with Crippen LogP contribution in [0.25, 0.3) is 16.2 Å². The molecule has 7 nitrogen and oxygen atoms in total. The Morgan fingerprint density at radius 2 is 1.91 bits per heavy atom. The van der Waals surface area contributed by atoms with Gasteiger partial charge in [-0.2, -0.15) is 0 Å². The minimum Gasteiger partial charge on any atom is -0.397 e. The number of thiophene rings is 1. The summed E-state index contributed by atoms with van der Waals surface area (Å²) in [5, 5.41) is 7.78. The number of fused-ring (bicyclic) bond motifs is 1. The number of nitrogens with two attached hydrogens (primary N) is 1. The largest absolute Gasteiger partial charge is 0.397 e. The van der Waals surface area contributed by atoms with Crippen LogP contribution in [0.2, 0.25) is 0 Å². The molecule has 5 aromatic rings. The highest BCUT2D eigenvalue weighted by Crippen LogP contribution is 2.40. The van der Waals surface area contributed by atoms with Crippen LogP contribution < -0.4 is 16.4 Å². The zero-order valence-electron chi connectivity index (χ0n) is 17.5. The second-order valence-corrected chi connectivity index (χ2v) is 10.1. The Morgan fingerprint density at radius 3 is 2.76 bits per heavy atom. The molecule has 1 saturated carbocycles. The highest BCUT2D eigenvalue weighted by atomic mass is 32.1. The van der Waals surface area contributed by atoms with Crippen LogP contribution in [-0.2, 0) is 0 Å². The summed E-state index contributed by atoms with van der Waals surface area (Å²) in [6.45, 7) is 0. The Hall–Kier alpha value is -3.69. The van der Waals surface area contributed by atoms with E-state index in [9.17, 15) is 4.79 Å². The molecule has 4 heterocycles. The number of anilines is 4. The number of amides is 1. The maximum Gasteiger partial charge on any atom is 0.265 e. The van der Waals surface area contributed by atoms with Crippen molar-refractivity contribution in [3.05, 3.63) is 77.6 Å². The SMILES string of the molecule is Nc1ccccc1NC(=O)c1ccc(Nc2ncc(-c3cnc4ccc(C5CC5)cn34)s2)s1. The van der Waals surface area contributed by atoms with Gasteiger partial charge in [0.05, 0.1) is 38.0 Å². The summed E-state index contributed by atoms with van der Waals surface area (Å²) in [5.74, 6) is 0.495. The highest BCUT2D eigenvalue weighted by Gasteiger charge is 2.24. The molecule has 1 amide bonds. The molecule has 0 aliphatic heterocycles. The number of pyridine rings is 1. The summed E-state index contributed by atoms with van der Waals surface area (Å²) in [5.41, 5.74) is 10.4. The van der Waals surface area contributed by atoms with Crippen molar-refractivity contribution >= 4 is 55.7 Å². The summed E-state index contributed by atoms with van der Waals surface area (Å²) >= 11 is 2.93. The smallest absolute Gasteiger partial charge is 0.265 e. The molecule has 0 unspecified atom stereocenters. The molecule has 9 heteroatoms. The van der Waals surface area contributed by atoms with E-state index in [0.29, 0.717) is 22.2 Å². The molecule has 6 rings (SSSR count). The molecule has 0 atom stereocenters. The molecule has 4 aromatic heterocycles. The van der Waals surface area contributed by atoms with Crippen LogP contribution in [0.1, 0.15) is 34.0 Å². The zero-order valence-corrected chi connectivity index (χ0v) is 19.1. The summed E-state index contributed by atoms with van der Waals surface area (Å²) in [4.78, 5) is 23.3. The lowest BCUT2D eigenvalue weighted by Crippen LogP contribution is -2.11. The Balaban J connectivity index is 1.19. The average Bonchev–Trinajstić information content (AvgIpc) is 3.19. The number of hydrogen-bond donors (Lipinski definition) is 3. The summed E-state index contributed by atoms with van der Waals surface area (Å²) in [6, 6.07) is 15.1. The molecule has 1 aliphatic rings. The van der Waals surface area contributed by atoms with E-state index in [1.54, 1.807) is 29.5 Å². The quantitative estimate of drug-likeness (QED) is 0.264. The fraction of sp³-hybridized carbons (Fsp3) is 0.125. The van der Waals surface area contributed by atoms with Gasteiger partial charge in [-0.25, -0.2) is 9.97 Å². The van der Waals surface area contributed by atoms with Gasteiger partial charge in [-0.1, -0.05) is 29.5 Å². The molecule has 0 spiro atoms. The first-order valence-electron chi connectivity index (χ1n) is 10.6. The van der Waals surface area contributed by atoms with E-state index in [-0.39, 0.29) is 5.91 Å². The standard InChI is InChI=1S/C24H20N6OS2/c25-16-3-1-2-4-17(16)28-23(31)19-8-10-22(32-19)29-24-27-12-20(33-24)18-11-26-21-9-7-15(13-30(18)21)14-5-6-14/h1-4,7-14H,5-6,25H2,(H,27,29)(H,28,31). The number of nitrogen functional groups attached to an aromatic ring is 1. The predicted octanol–water partition coefficient (Wildman–Crippen LogP) is 5.97. The minimum absolute atomic E-state index is 0.192. The molecule has 1 aromatic carbocycles. The summed E-state index contributed by atoms with van der Waals surface area (Å²) in [7, 11) is 0. The third kappa shape index (κ3) is 3.96. The van der Waals surface area contributed by atoms with E-state index in [2.05, 4.69) is 43.3 Å². The van der Waals surface area contributed by atoms with Crippen molar-refractivity contribution in [1.29, 1.82) is 0 Å². The second kappa shape index (κ2) is 8.02. The number of thiazole rings is 1. The molecule has 1 fully saturated rings. The molecule has 4 N–H and O–H groups in total. The van der Waals surface area contributed by atoms with Gasteiger partial charge in [0.1, 0.15) is 5.65 Å². The summed E-state index contributed by atoms with van der Waals surface area (Å²) in [6.07, 6.45) is 8.49. The maximum atomic E-state index is 12.6. The van der Waals surface area contributed by atoms with E-state index in [1.165, 1.54) is 29.7 Å². The predicted molar refractivity (Wildman–Crippen MR) is 135 cm³/mol. The molecule has 0 radical (unpaired) electrons. The van der Waals surface area contributed by atoms with Crippen LogP contribution in [0.15, 0.2) is 67.1 Å². The molecule has 0 bridgehead atoms. The molecular weight excluding hydrogens is 452 g/mol. The molecule has 33 heavy (non-hydrogen) atoms. The fourth-order valence-corrected chi connectivity index (χ4v) is 5.42. The summed E-state index contributed by atoms with van der Waals surface area (Å²) < 4.78 is 2.15. The van der Waals surface area contributed by atoms with Crippen molar-refractivity contribution < 1.29 is 4.79 Å². The topological polar surface area (TPSA) is 97.3 Å². The Kier molecular flexibility index (Phi) is 4.85. The van der Waals surface area contributed by atoms with Crippen molar-refractivity contribution in [2.24, 2.45) is 0 Å². The van der Waals surface area contributed by atoms with Gasteiger partial charge in [-0.3, -0.25) is 9.20 Å². The number of benzene rings is 1. The number of carbonyl (C=O) groups excluding carboxylic acids is 1. The highest BCUT2D eigenvalue weighted by molar-refractivity contribution is 7.20. The first kappa shape index (κ1) is 20.0. The van der Waals surface area contributed by atoms with E-state index in [1.807, 2.05) is 30.6 Å². The van der Waals surface area contributed by atoms with Gasteiger partial charge in [0, 0.05) is 12.4 Å². The molecule has 0 saturated heterocycles. The van der Waals surface area contributed by atoms with Crippen LogP contribution in [0.3, 0.4) is 0 Å². The number of aromatic nitrogens is 3. The number of rotatable bonds is 6. The van der Waals surface area contributed by atoms with E-state index in [0.717, 1.165) is 26.4 Å². The van der Waals surface area contributed by atoms with Gasteiger partial charge in [-0.05, 0) is 54.7 Å². The zero-order chi connectivity index (χ0) is 22.4. The van der Waals surface area contributed by atoms with Gasteiger partial charge < -0.3 is 16.4 Å². The van der Waals surface area contributed by atoms with Gasteiger partial charge in [-0.15, -0.1) is 11.3 Å². The monoisotopic (exact) mass is 472 g/mol. The number of nitrogens with one attached hydrogen (secondary N) is 2. The van der Waals surface area contributed by atoms with Gasteiger partial charge in [0.2, 0.25) is 0 Å². The third-order valence-corrected chi connectivity index (χ3v) is 7.54. The Bertz CT molecular complexity index is 1480. The van der Waals surface area contributed by atoms with E-state index < -0.39 is 0 Å². The van der Waals surface area contributed by atoms with E-state index in [4.69, 9.17) is 5.73 Å². The second-order valence-electron chi connectivity index (χ2n) is 7.97. The van der Waals surface area contributed by atoms with Gasteiger partial charge in [0.15, 0.2) is 5.13 Å². The van der Waals surface area contributed by atoms with Gasteiger partial charge in [0.25, 0.3) is 5.91 Å². The van der Waals surface area contributed by atoms with E-state index >= 15 is 0 Å². The van der Waals surface area contributed by atoms with Crippen molar-refractivity contribution in [2.45, 2.75) is 18.8 Å². The van der Waals surface area contributed by atoms with Gasteiger partial charge >= 0.3 is 0 Å². The van der Waals surface area contributed by atoms with Crippen molar-refractivity contribution in [2.75, 3.05) is 16.4 Å². The average molecular weight is 473 g/mol. The number of para-hydroxylation sites is 2. The van der Waals surface area contributed by atoms with Crippen LogP contribution in [-0.4, -0.2) is 20.3 Å². The van der Waals surface area contributed by atoms with Crippen molar-refractivity contribution in [3.8, 4) is 10.6 Å². The lowest BCUT2D eigenvalue weighted by Gasteiger charge is -2.06. The molecular formula is C24H20N6OS2. The van der Waals surface area contributed by atoms with Crippen LogP contribution in [0.5, 0.6) is 0 Å². The lowest BCUT2D eigenvalue weighted by atomic mass is 10.2. The first-order chi connectivity index (χ1) is 16.1. The fourth-order valence-electron chi connectivity index (χ4n) is 3.72. The van der Waals surface area contributed by atoms with Crippen LogP contribution in [0.4, 0.5) is 21.5 Å². The van der Waals surface area contributed by atoms with Crippen molar-refractivity contribution in [1.82, 2.24) is 14.4 Å². The normalized spacial score (nSPS) is 13.3. The number of imidazole rings is 1. The van der Waals surface area contributed by atoms with Crippen molar-refractivity contribution in [3.63, 3.8) is 0 Å². The number of hydrogen-bond acceptors (Lipinski definition) is 7. The molecule has 164 valence electrons.